The van der Waals surface area contributed by atoms with Gasteiger partial charge in [0.2, 0.25) is 11.1 Å². The fraction of sp³-hybridized carbons (Fsp3) is 0.467. The number of carbonyl (C=O) groups is 1. The van der Waals surface area contributed by atoms with Crippen LogP contribution in [0.15, 0.2) is 23.4 Å². The minimum Gasteiger partial charge on any atom is -0.343 e. The van der Waals surface area contributed by atoms with Crippen LogP contribution in [-0.4, -0.2) is 49.9 Å². The highest BCUT2D eigenvalue weighted by atomic mass is 32.2. The van der Waals surface area contributed by atoms with E-state index in [2.05, 4.69) is 28.5 Å². The standard InChI is InChI=1S/C15H21N5OS/c1-5-19(6-2)14(21)10-22-15-16-17-18-20(15)13-9-7-8-11(3)12(13)4/h7-9H,5-6,10H2,1-4H3. The van der Waals surface area contributed by atoms with Crippen LogP contribution in [0.25, 0.3) is 5.69 Å². The van der Waals surface area contributed by atoms with Gasteiger partial charge in [-0.25, -0.2) is 0 Å². The van der Waals surface area contributed by atoms with Crippen LogP contribution in [0.5, 0.6) is 0 Å². The molecule has 118 valence electrons. The Hall–Kier alpha value is -1.89. The lowest BCUT2D eigenvalue weighted by Crippen LogP contribution is -2.31. The maximum absolute atomic E-state index is 12.1. The summed E-state index contributed by atoms with van der Waals surface area (Å²) in [5.74, 6) is 0.443. The number of aromatic nitrogens is 4. The molecule has 0 spiro atoms. The molecule has 2 aromatic rings. The lowest BCUT2D eigenvalue weighted by atomic mass is 10.1. The monoisotopic (exact) mass is 319 g/mol. The third-order valence-corrected chi connectivity index (χ3v) is 4.59. The molecular formula is C15H21N5OS. The van der Waals surface area contributed by atoms with Crippen LogP contribution in [0.3, 0.4) is 0 Å². The number of aryl methyl sites for hydroxylation is 1. The molecule has 0 bridgehead atoms. The summed E-state index contributed by atoms with van der Waals surface area (Å²) in [5.41, 5.74) is 3.26. The van der Waals surface area contributed by atoms with Gasteiger partial charge in [0.15, 0.2) is 0 Å². The van der Waals surface area contributed by atoms with Crippen molar-refractivity contribution in [2.24, 2.45) is 0 Å². The average Bonchev–Trinajstić information content (AvgIpc) is 2.97. The smallest absolute Gasteiger partial charge is 0.233 e. The lowest BCUT2D eigenvalue weighted by Gasteiger charge is -2.18. The third-order valence-electron chi connectivity index (χ3n) is 3.69. The van der Waals surface area contributed by atoms with Gasteiger partial charge in [0.05, 0.1) is 11.4 Å². The zero-order valence-corrected chi connectivity index (χ0v) is 14.2. The molecule has 6 nitrogen and oxygen atoms in total. The number of carbonyl (C=O) groups excluding carboxylic acids is 1. The number of thioether (sulfide) groups is 1. The van der Waals surface area contributed by atoms with Crippen LogP contribution in [0, 0.1) is 13.8 Å². The van der Waals surface area contributed by atoms with E-state index in [9.17, 15) is 4.79 Å². The van der Waals surface area contributed by atoms with Crippen molar-refractivity contribution < 1.29 is 4.79 Å². The Kier molecular flexibility index (Phi) is 5.54. The van der Waals surface area contributed by atoms with E-state index >= 15 is 0 Å². The van der Waals surface area contributed by atoms with Gasteiger partial charge in [-0.15, -0.1) is 5.10 Å². The molecule has 0 saturated carbocycles. The van der Waals surface area contributed by atoms with Crippen molar-refractivity contribution in [2.75, 3.05) is 18.8 Å². The molecular weight excluding hydrogens is 298 g/mol. The summed E-state index contributed by atoms with van der Waals surface area (Å²) in [7, 11) is 0. The van der Waals surface area contributed by atoms with Crippen molar-refractivity contribution in [3.05, 3.63) is 29.3 Å². The van der Waals surface area contributed by atoms with Gasteiger partial charge in [-0.3, -0.25) is 4.79 Å². The molecule has 0 unspecified atom stereocenters. The Balaban J connectivity index is 2.17. The lowest BCUT2D eigenvalue weighted by molar-refractivity contribution is -0.127. The van der Waals surface area contributed by atoms with Crippen LogP contribution in [0.2, 0.25) is 0 Å². The fourth-order valence-corrected chi connectivity index (χ4v) is 2.97. The van der Waals surface area contributed by atoms with Crippen molar-refractivity contribution in [3.8, 4) is 5.69 Å². The molecule has 0 atom stereocenters. The minimum absolute atomic E-state index is 0.102. The molecule has 7 heteroatoms. The van der Waals surface area contributed by atoms with Crippen LogP contribution in [0.4, 0.5) is 0 Å². The van der Waals surface area contributed by atoms with Crippen molar-refractivity contribution >= 4 is 17.7 Å². The zero-order chi connectivity index (χ0) is 16.1. The van der Waals surface area contributed by atoms with Gasteiger partial charge >= 0.3 is 0 Å². The highest BCUT2D eigenvalue weighted by molar-refractivity contribution is 7.99. The average molecular weight is 319 g/mol. The van der Waals surface area contributed by atoms with E-state index < -0.39 is 0 Å². The van der Waals surface area contributed by atoms with Crippen LogP contribution < -0.4 is 0 Å². The Morgan fingerprint density at radius 3 is 2.68 bits per heavy atom. The number of nitrogens with zero attached hydrogens (tertiary/aromatic N) is 5. The van der Waals surface area contributed by atoms with Gasteiger partial charge in [0.1, 0.15) is 0 Å². The summed E-state index contributed by atoms with van der Waals surface area (Å²) in [5, 5.41) is 12.5. The first-order valence-corrected chi connectivity index (χ1v) is 8.32. The molecule has 0 saturated heterocycles. The Morgan fingerprint density at radius 1 is 1.27 bits per heavy atom. The van der Waals surface area contributed by atoms with Gasteiger partial charge in [-0.05, 0) is 55.3 Å². The summed E-state index contributed by atoms with van der Waals surface area (Å²) >= 11 is 1.37. The normalized spacial score (nSPS) is 10.7. The fourth-order valence-electron chi connectivity index (χ4n) is 2.18. The van der Waals surface area contributed by atoms with Gasteiger partial charge < -0.3 is 4.90 Å². The molecule has 0 aliphatic rings. The van der Waals surface area contributed by atoms with Crippen molar-refractivity contribution in [1.29, 1.82) is 0 Å². The number of benzene rings is 1. The summed E-state index contributed by atoms with van der Waals surface area (Å²) in [6.45, 7) is 9.50. The van der Waals surface area contributed by atoms with Crippen LogP contribution >= 0.6 is 11.8 Å². The molecule has 1 aromatic heterocycles. The summed E-state index contributed by atoms with van der Waals surface area (Å²) in [6.07, 6.45) is 0. The van der Waals surface area contributed by atoms with Gasteiger partial charge in [0, 0.05) is 13.1 Å². The molecule has 0 N–H and O–H groups in total. The first-order chi connectivity index (χ1) is 10.6. The number of amides is 1. The van der Waals surface area contributed by atoms with Gasteiger partial charge in [-0.2, -0.15) is 4.68 Å². The second-order valence-electron chi connectivity index (χ2n) is 4.95. The number of rotatable bonds is 6. The van der Waals surface area contributed by atoms with E-state index in [-0.39, 0.29) is 5.91 Å². The molecule has 0 aliphatic heterocycles. The third kappa shape index (κ3) is 3.47. The van der Waals surface area contributed by atoms with Crippen LogP contribution in [-0.2, 0) is 4.79 Å². The molecule has 0 fully saturated rings. The highest BCUT2D eigenvalue weighted by Crippen LogP contribution is 2.22. The minimum atomic E-state index is 0.102. The van der Waals surface area contributed by atoms with Crippen molar-refractivity contribution in [2.45, 2.75) is 32.9 Å². The summed E-state index contributed by atoms with van der Waals surface area (Å²) in [6, 6.07) is 6.02. The van der Waals surface area contributed by atoms with Gasteiger partial charge in [0.25, 0.3) is 0 Å². The first kappa shape index (κ1) is 16.5. The molecule has 2 rings (SSSR count). The van der Waals surface area contributed by atoms with E-state index in [0.29, 0.717) is 10.9 Å². The maximum Gasteiger partial charge on any atom is 0.233 e. The van der Waals surface area contributed by atoms with Crippen molar-refractivity contribution in [1.82, 2.24) is 25.1 Å². The van der Waals surface area contributed by atoms with Crippen molar-refractivity contribution in [3.63, 3.8) is 0 Å². The largest absolute Gasteiger partial charge is 0.343 e. The maximum atomic E-state index is 12.1. The molecule has 1 aromatic carbocycles. The van der Waals surface area contributed by atoms with E-state index in [0.717, 1.165) is 24.3 Å². The number of tetrazole rings is 1. The predicted molar refractivity (Wildman–Crippen MR) is 87.3 cm³/mol. The summed E-state index contributed by atoms with van der Waals surface area (Å²) in [4.78, 5) is 13.9. The summed E-state index contributed by atoms with van der Waals surface area (Å²) < 4.78 is 1.70. The van der Waals surface area contributed by atoms with Crippen LogP contribution in [0.1, 0.15) is 25.0 Å². The quantitative estimate of drug-likeness (QED) is 0.764. The molecule has 1 heterocycles. The van der Waals surface area contributed by atoms with E-state index in [1.807, 2.05) is 32.9 Å². The highest BCUT2D eigenvalue weighted by Gasteiger charge is 2.15. The second-order valence-corrected chi connectivity index (χ2v) is 5.89. The topological polar surface area (TPSA) is 63.9 Å². The van der Waals surface area contributed by atoms with Gasteiger partial charge in [-0.1, -0.05) is 23.9 Å². The molecule has 0 radical (unpaired) electrons. The van der Waals surface area contributed by atoms with E-state index in [1.165, 1.54) is 17.3 Å². The molecule has 1 amide bonds. The second kappa shape index (κ2) is 7.40. The molecule has 22 heavy (non-hydrogen) atoms. The Morgan fingerprint density at radius 2 is 2.00 bits per heavy atom. The predicted octanol–water partition coefficient (Wildman–Crippen LogP) is 2.24. The van der Waals surface area contributed by atoms with E-state index in [4.69, 9.17) is 0 Å². The SMILES string of the molecule is CCN(CC)C(=O)CSc1nnnn1-c1cccc(C)c1C. The Labute approximate surface area is 134 Å². The number of hydrogen-bond donors (Lipinski definition) is 0. The van der Waals surface area contributed by atoms with E-state index in [1.54, 1.807) is 9.58 Å². The first-order valence-electron chi connectivity index (χ1n) is 7.34. The zero-order valence-electron chi connectivity index (χ0n) is 13.4. The molecule has 0 aliphatic carbocycles. The number of hydrogen-bond acceptors (Lipinski definition) is 5. The Bertz CT molecular complexity index is 651.